The highest BCUT2D eigenvalue weighted by molar-refractivity contribution is 7.88. The predicted octanol–water partition coefficient (Wildman–Crippen LogP) is 2.61. The second-order valence-corrected chi connectivity index (χ2v) is 8.27. The van der Waals surface area contributed by atoms with Crippen molar-refractivity contribution >= 4 is 10.0 Å². The summed E-state index contributed by atoms with van der Waals surface area (Å²) in [7, 11) is -3.35. The molecule has 24 heavy (non-hydrogen) atoms. The van der Waals surface area contributed by atoms with Gasteiger partial charge in [-0.25, -0.2) is 8.42 Å². The summed E-state index contributed by atoms with van der Waals surface area (Å²) in [5.41, 5.74) is 4.03. The number of fused-ring (bicyclic) bond motifs is 2. The van der Waals surface area contributed by atoms with E-state index in [1.807, 2.05) is 43.3 Å². The highest BCUT2D eigenvalue weighted by Crippen LogP contribution is 2.37. The lowest BCUT2D eigenvalue weighted by atomic mass is 10.0. The summed E-state index contributed by atoms with van der Waals surface area (Å²) in [6, 6.07) is 11.5. The first-order valence-corrected chi connectivity index (χ1v) is 9.57. The molecule has 2 aliphatic rings. The lowest BCUT2D eigenvalue weighted by Gasteiger charge is -2.28. The first-order valence-electron chi connectivity index (χ1n) is 7.96. The molecule has 2 aromatic rings. The fourth-order valence-corrected chi connectivity index (χ4v) is 4.75. The maximum atomic E-state index is 12.8. The van der Waals surface area contributed by atoms with Crippen molar-refractivity contribution in [2.24, 2.45) is 0 Å². The first kappa shape index (κ1) is 15.5. The van der Waals surface area contributed by atoms with Gasteiger partial charge in [0.2, 0.25) is 16.8 Å². The normalized spacial score (nSPS) is 16.9. The topological polar surface area (TPSA) is 55.8 Å². The minimum Gasteiger partial charge on any atom is -0.454 e. The van der Waals surface area contributed by atoms with Crippen molar-refractivity contribution in [1.82, 2.24) is 4.31 Å². The van der Waals surface area contributed by atoms with E-state index in [4.69, 9.17) is 9.47 Å². The van der Waals surface area contributed by atoms with E-state index < -0.39 is 10.0 Å². The molecule has 0 aliphatic carbocycles. The van der Waals surface area contributed by atoms with E-state index in [0.717, 1.165) is 28.0 Å². The number of ether oxygens (including phenoxy) is 2. The van der Waals surface area contributed by atoms with Gasteiger partial charge in [-0.3, -0.25) is 0 Å². The number of hydrogen-bond acceptors (Lipinski definition) is 4. The summed E-state index contributed by atoms with van der Waals surface area (Å²) < 4.78 is 37.9. The molecule has 5 nitrogen and oxygen atoms in total. The van der Waals surface area contributed by atoms with Crippen molar-refractivity contribution in [1.29, 1.82) is 0 Å². The van der Waals surface area contributed by atoms with E-state index in [-0.39, 0.29) is 12.5 Å². The lowest BCUT2D eigenvalue weighted by Crippen LogP contribution is -2.36. The Labute approximate surface area is 141 Å². The molecule has 6 heteroatoms. The van der Waals surface area contributed by atoms with Crippen LogP contribution in [0.25, 0.3) is 0 Å². The number of nitrogens with zero attached hydrogens (tertiary/aromatic N) is 1. The fraction of sp³-hybridized carbons (Fsp3) is 0.333. The van der Waals surface area contributed by atoms with Gasteiger partial charge < -0.3 is 9.47 Å². The van der Waals surface area contributed by atoms with Crippen LogP contribution >= 0.6 is 0 Å². The predicted molar refractivity (Wildman–Crippen MR) is 90.5 cm³/mol. The van der Waals surface area contributed by atoms with Gasteiger partial charge >= 0.3 is 0 Å². The average molecular weight is 345 g/mol. The molecule has 0 spiro atoms. The summed E-state index contributed by atoms with van der Waals surface area (Å²) in [4.78, 5) is 0. The van der Waals surface area contributed by atoms with Crippen LogP contribution in [0.15, 0.2) is 36.4 Å². The molecule has 0 saturated carbocycles. The second kappa shape index (κ2) is 5.79. The van der Waals surface area contributed by atoms with E-state index in [0.29, 0.717) is 25.3 Å². The molecule has 0 aromatic heterocycles. The number of sulfonamides is 1. The van der Waals surface area contributed by atoms with Crippen LogP contribution in [-0.4, -0.2) is 26.1 Å². The molecule has 2 heterocycles. The molecule has 2 aromatic carbocycles. The average Bonchev–Trinajstić information content (AvgIpc) is 2.98. The summed E-state index contributed by atoms with van der Waals surface area (Å²) >= 11 is 0. The van der Waals surface area contributed by atoms with E-state index >= 15 is 0 Å². The molecular formula is C18H19NO4S. The van der Waals surface area contributed by atoms with Crippen LogP contribution in [0.3, 0.4) is 0 Å². The monoisotopic (exact) mass is 345 g/mol. The molecule has 0 atom stereocenters. The maximum Gasteiger partial charge on any atom is 0.231 e. The van der Waals surface area contributed by atoms with Crippen LogP contribution in [-0.2, 0) is 28.7 Å². The van der Waals surface area contributed by atoms with Crippen molar-refractivity contribution in [2.45, 2.75) is 25.6 Å². The Morgan fingerprint density at radius 1 is 1.08 bits per heavy atom. The minimum atomic E-state index is -3.35. The van der Waals surface area contributed by atoms with Crippen LogP contribution in [0, 0.1) is 6.92 Å². The van der Waals surface area contributed by atoms with Crippen molar-refractivity contribution in [3.8, 4) is 11.5 Å². The van der Waals surface area contributed by atoms with E-state index in [1.165, 1.54) is 0 Å². The van der Waals surface area contributed by atoms with Gasteiger partial charge in [-0.1, -0.05) is 29.8 Å². The zero-order valence-electron chi connectivity index (χ0n) is 13.5. The van der Waals surface area contributed by atoms with Crippen LogP contribution < -0.4 is 9.47 Å². The zero-order chi connectivity index (χ0) is 16.7. The zero-order valence-corrected chi connectivity index (χ0v) is 14.3. The molecule has 0 N–H and O–H groups in total. The van der Waals surface area contributed by atoms with Gasteiger partial charge in [-0.15, -0.1) is 0 Å². The quantitative estimate of drug-likeness (QED) is 0.858. The van der Waals surface area contributed by atoms with E-state index in [1.54, 1.807) is 4.31 Å². The molecular weight excluding hydrogens is 326 g/mol. The van der Waals surface area contributed by atoms with E-state index in [2.05, 4.69) is 0 Å². The summed E-state index contributed by atoms with van der Waals surface area (Å²) in [6.45, 7) is 3.09. The molecule has 0 unspecified atom stereocenters. The standard InChI is InChI=1S/C18H19NO4S/c1-13-3-2-4-14(7-13)11-24(20,21)19-6-5-15-8-17-18(23-12-22-17)9-16(15)10-19/h2-4,7-9H,5-6,10-12H2,1H3. The second-order valence-electron chi connectivity index (χ2n) is 6.30. The van der Waals surface area contributed by atoms with Gasteiger partial charge in [0.1, 0.15) is 0 Å². The third kappa shape index (κ3) is 2.87. The van der Waals surface area contributed by atoms with Gasteiger partial charge in [0.15, 0.2) is 11.5 Å². The Hall–Kier alpha value is -2.05. The molecule has 126 valence electrons. The summed E-state index contributed by atoms with van der Waals surface area (Å²) in [5, 5.41) is 0. The van der Waals surface area contributed by atoms with Crippen LogP contribution in [0.1, 0.15) is 22.3 Å². The largest absolute Gasteiger partial charge is 0.454 e. The molecule has 0 saturated heterocycles. The number of benzene rings is 2. The van der Waals surface area contributed by atoms with Gasteiger partial charge in [-0.2, -0.15) is 4.31 Å². The third-order valence-electron chi connectivity index (χ3n) is 4.50. The number of aryl methyl sites for hydroxylation is 1. The fourth-order valence-electron chi connectivity index (χ4n) is 3.26. The molecule has 0 bridgehead atoms. The van der Waals surface area contributed by atoms with Crippen molar-refractivity contribution in [3.63, 3.8) is 0 Å². The highest BCUT2D eigenvalue weighted by atomic mass is 32.2. The highest BCUT2D eigenvalue weighted by Gasteiger charge is 2.29. The minimum absolute atomic E-state index is 0.0363. The van der Waals surface area contributed by atoms with E-state index in [9.17, 15) is 8.42 Å². The Bertz CT molecular complexity index is 892. The molecule has 2 aliphatic heterocycles. The Morgan fingerprint density at radius 2 is 1.83 bits per heavy atom. The van der Waals surface area contributed by atoms with Crippen molar-refractivity contribution in [2.75, 3.05) is 13.3 Å². The van der Waals surface area contributed by atoms with Gasteiger partial charge in [0.05, 0.1) is 5.75 Å². The summed E-state index contributed by atoms with van der Waals surface area (Å²) in [5.74, 6) is 1.49. The van der Waals surface area contributed by atoms with Gasteiger partial charge in [-0.05, 0) is 42.2 Å². The maximum absolute atomic E-state index is 12.8. The van der Waals surface area contributed by atoms with Crippen molar-refractivity contribution in [3.05, 3.63) is 58.7 Å². The molecule has 4 rings (SSSR count). The molecule has 0 fully saturated rings. The molecule has 0 radical (unpaired) electrons. The van der Waals surface area contributed by atoms with Crippen LogP contribution in [0.2, 0.25) is 0 Å². The molecule has 0 amide bonds. The van der Waals surface area contributed by atoms with Gasteiger partial charge in [0.25, 0.3) is 0 Å². The summed E-state index contributed by atoms with van der Waals surface area (Å²) in [6.07, 6.45) is 0.693. The van der Waals surface area contributed by atoms with Gasteiger partial charge in [0, 0.05) is 13.1 Å². The Kier molecular flexibility index (Phi) is 3.73. The first-order chi connectivity index (χ1) is 11.5. The Morgan fingerprint density at radius 3 is 2.58 bits per heavy atom. The number of hydrogen-bond donors (Lipinski definition) is 0. The lowest BCUT2D eigenvalue weighted by molar-refractivity contribution is 0.174. The van der Waals surface area contributed by atoms with Crippen LogP contribution in [0.5, 0.6) is 11.5 Å². The smallest absolute Gasteiger partial charge is 0.231 e. The van der Waals surface area contributed by atoms with Crippen molar-refractivity contribution < 1.29 is 17.9 Å². The van der Waals surface area contributed by atoms with Crippen LogP contribution in [0.4, 0.5) is 0 Å². The SMILES string of the molecule is Cc1cccc(CS(=O)(=O)N2CCc3cc4c(cc3C2)OCO4)c1. The third-order valence-corrected chi connectivity index (χ3v) is 6.29. The number of rotatable bonds is 3. The Balaban J connectivity index is 1.57.